The summed E-state index contributed by atoms with van der Waals surface area (Å²) in [6.45, 7) is 1.73. The molecule has 0 saturated heterocycles. The van der Waals surface area contributed by atoms with Gasteiger partial charge in [-0.05, 0) is 12.1 Å². The van der Waals surface area contributed by atoms with Gasteiger partial charge in [0.25, 0.3) is 0 Å². The quantitative estimate of drug-likeness (QED) is 0.836. The van der Waals surface area contributed by atoms with Crippen LogP contribution in [-0.2, 0) is 10.5 Å². The largest absolute Gasteiger partial charge is 0.493 e. The second kappa shape index (κ2) is 7.69. The van der Waals surface area contributed by atoms with Crippen LogP contribution in [0.4, 0.5) is 5.69 Å². The third kappa shape index (κ3) is 4.39. The Bertz CT molecular complexity index is 645. The zero-order valence-corrected chi connectivity index (χ0v) is 13.4. The Morgan fingerprint density at radius 1 is 1.32 bits per heavy atom. The minimum absolute atomic E-state index is 0.113. The zero-order chi connectivity index (χ0) is 15.9. The predicted octanol–water partition coefficient (Wildman–Crippen LogP) is 2.27. The zero-order valence-electron chi connectivity index (χ0n) is 12.6. The van der Waals surface area contributed by atoms with E-state index >= 15 is 0 Å². The number of carbonyl (C=O) groups excluding carboxylic acids is 1. The molecule has 2 rings (SSSR count). The van der Waals surface area contributed by atoms with Crippen molar-refractivity contribution in [2.24, 2.45) is 0 Å². The van der Waals surface area contributed by atoms with Crippen LogP contribution in [0.15, 0.2) is 22.7 Å². The maximum absolute atomic E-state index is 11.9. The number of nitrogens with one attached hydrogen (secondary N) is 1. The molecule has 1 aromatic carbocycles. The van der Waals surface area contributed by atoms with Crippen LogP contribution in [0.5, 0.6) is 11.5 Å². The third-order valence-electron chi connectivity index (χ3n) is 2.70. The number of carbonyl (C=O) groups is 1. The molecule has 7 nitrogen and oxygen atoms in total. The summed E-state index contributed by atoms with van der Waals surface area (Å²) in [5, 5.41) is 6.57. The minimum atomic E-state index is -0.113. The third-order valence-corrected chi connectivity index (χ3v) is 3.63. The molecule has 0 bridgehead atoms. The summed E-state index contributed by atoms with van der Waals surface area (Å²) < 4.78 is 15.2. The second-order valence-corrected chi connectivity index (χ2v) is 5.33. The number of methoxy groups -OCH3 is 2. The number of anilines is 1. The van der Waals surface area contributed by atoms with Gasteiger partial charge in [-0.3, -0.25) is 4.79 Å². The molecule has 0 aliphatic rings. The van der Waals surface area contributed by atoms with E-state index in [9.17, 15) is 4.79 Å². The van der Waals surface area contributed by atoms with Crippen LogP contribution in [0.1, 0.15) is 11.7 Å². The van der Waals surface area contributed by atoms with E-state index in [0.29, 0.717) is 40.4 Å². The second-order valence-electron chi connectivity index (χ2n) is 4.34. The fourth-order valence-corrected chi connectivity index (χ4v) is 2.41. The Kier molecular flexibility index (Phi) is 5.65. The van der Waals surface area contributed by atoms with Crippen LogP contribution >= 0.6 is 11.8 Å². The number of rotatable bonds is 7. The number of hydrogen-bond donors (Lipinski definition) is 1. The van der Waals surface area contributed by atoms with E-state index in [-0.39, 0.29) is 5.91 Å². The van der Waals surface area contributed by atoms with Gasteiger partial charge in [0.2, 0.25) is 11.8 Å². The fraction of sp³-hybridized carbons (Fsp3) is 0.357. The average Bonchev–Trinajstić information content (AvgIpc) is 2.92. The van der Waals surface area contributed by atoms with Gasteiger partial charge in [-0.15, -0.1) is 11.8 Å². The molecule has 0 aliphatic heterocycles. The molecule has 0 saturated carbocycles. The number of benzene rings is 1. The maximum atomic E-state index is 11.9. The number of thioether (sulfide) groups is 1. The van der Waals surface area contributed by atoms with Crippen LogP contribution in [0.2, 0.25) is 0 Å². The van der Waals surface area contributed by atoms with Gasteiger partial charge < -0.3 is 19.3 Å². The molecule has 8 heteroatoms. The van der Waals surface area contributed by atoms with Crippen molar-refractivity contribution in [3.63, 3.8) is 0 Å². The van der Waals surface area contributed by atoms with E-state index in [1.165, 1.54) is 11.8 Å². The summed E-state index contributed by atoms with van der Waals surface area (Å²) in [6.07, 6.45) is 0. The summed E-state index contributed by atoms with van der Waals surface area (Å²) in [6, 6.07) is 5.21. The lowest BCUT2D eigenvalue weighted by Crippen LogP contribution is -2.14. The van der Waals surface area contributed by atoms with E-state index in [0.717, 1.165) is 0 Å². The van der Waals surface area contributed by atoms with Crippen molar-refractivity contribution in [1.29, 1.82) is 0 Å². The molecular weight excluding hydrogens is 306 g/mol. The van der Waals surface area contributed by atoms with Crippen molar-refractivity contribution >= 4 is 23.4 Å². The van der Waals surface area contributed by atoms with Crippen molar-refractivity contribution in [2.45, 2.75) is 12.7 Å². The normalized spacial score (nSPS) is 10.3. The summed E-state index contributed by atoms with van der Waals surface area (Å²) in [5.74, 6) is 2.99. The van der Waals surface area contributed by atoms with Crippen molar-refractivity contribution in [3.05, 3.63) is 29.9 Å². The van der Waals surface area contributed by atoms with Crippen LogP contribution < -0.4 is 14.8 Å². The smallest absolute Gasteiger partial charge is 0.234 e. The summed E-state index contributed by atoms with van der Waals surface area (Å²) in [4.78, 5) is 16.0. The number of nitrogens with zero attached hydrogens (tertiary/aromatic N) is 2. The van der Waals surface area contributed by atoms with Gasteiger partial charge in [0.15, 0.2) is 17.3 Å². The predicted molar refractivity (Wildman–Crippen MR) is 83.4 cm³/mol. The van der Waals surface area contributed by atoms with Crippen LogP contribution in [-0.4, -0.2) is 36.0 Å². The molecule has 1 heterocycles. The molecule has 1 aromatic heterocycles. The maximum Gasteiger partial charge on any atom is 0.234 e. The lowest BCUT2D eigenvalue weighted by molar-refractivity contribution is -0.113. The van der Waals surface area contributed by atoms with E-state index in [4.69, 9.17) is 14.0 Å². The Hall–Kier alpha value is -2.22. The standard InChI is InChI=1S/C14H17N3O4S/c1-9-15-13(17-21-9)7-22-8-14(18)16-10-4-5-11(19-2)12(6-10)20-3/h4-6H,7-8H2,1-3H3,(H,16,18). The molecule has 0 radical (unpaired) electrons. The first-order chi connectivity index (χ1) is 10.6. The number of ether oxygens (including phenoxy) is 2. The molecule has 0 aliphatic carbocycles. The van der Waals surface area contributed by atoms with Gasteiger partial charge in [0, 0.05) is 18.7 Å². The topological polar surface area (TPSA) is 86.5 Å². The highest BCUT2D eigenvalue weighted by atomic mass is 32.2. The van der Waals surface area contributed by atoms with Gasteiger partial charge in [0.05, 0.1) is 25.7 Å². The van der Waals surface area contributed by atoms with E-state index in [1.54, 1.807) is 39.3 Å². The first kappa shape index (κ1) is 16.2. The SMILES string of the molecule is COc1ccc(NC(=O)CSCc2noc(C)n2)cc1OC. The van der Waals surface area contributed by atoms with Crippen LogP contribution in [0.3, 0.4) is 0 Å². The van der Waals surface area contributed by atoms with Gasteiger partial charge >= 0.3 is 0 Å². The summed E-state index contributed by atoms with van der Waals surface area (Å²) >= 11 is 1.41. The molecule has 22 heavy (non-hydrogen) atoms. The number of aryl methyl sites for hydroxylation is 1. The molecule has 0 spiro atoms. The fourth-order valence-electron chi connectivity index (χ4n) is 1.75. The minimum Gasteiger partial charge on any atom is -0.493 e. The first-order valence-corrected chi connectivity index (χ1v) is 7.66. The Balaban J connectivity index is 1.84. The van der Waals surface area contributed by atoms with Gasteiger partial charge in [0.1, 0.15) is 0 Å². The molecule has 2 aromatic rings. The molecule has 1 N–H and O–H groups in total. The molecule has 0 fully saturated rings. The van der Waals surface area contributed by atoms with Crippen molar-refractivity contribution in [1.82, 2.24) is 10.1 Å². The average molecular weight is 323 g/mol. The molecular formula is C14H17N3O4S. The van der Waals surface area contributed by atoms with Crippen molar-refractivity contribution in [2.75, 3.05) is 25.3 Å². The number of hydrogen-bond acceptors (Lipinski definition) is 7. The first-order valence-electron chi connectivity index (χ1n) is 6.51. The monoisotopic (exact) mass is 323 g/mol. The van der Waals surface area contributed by atoms with Gasteiger partial charge in [-0.2, -0.15) is 4.98 Å². The lowest BCUT2D eigenvalue weighted by atomic mass is 10.2. The highest BCUT2D eigenvalue weighted by Crippen LogP contribution is 2.29. The van der Waals surface area contributed by atoms with Crippen molar-refractivity contribution in [3.8, 4) is 11.5 Å². The van der Waals surface area contributed by atoms with E-state index in [1.807, 2.05) is 0 Å². The Labute approximate surface area is 132 Å². The highest BCUT2D eigenvalue weighted by molar-refractivity contribution is 7.99. The van der Waals surface area contributed by atoms with Gasteiger partial charge in [-0.25, -0.2) is 0 Å². The van der Waals surface area contributed by atoms with Crippen LogP contribution in [0, 0.1) is 6.92 Å². The molecule has 1 amide bonds. The van der Waals surface area contributed by atoms with E-state index < -0.39 is 0 Å². The van der Waals surface area contributed by atoms with Crippen LogP contribution in [0.25, 0.3) is 0 Å². The highest BCUT2D eigenvalue weighted by Gasteiger charge is 2.09. The van der Waals surface area contributed by atoms with Crippen molar-refractivity contribution < 1.29 is 18.8 Å². The summed E-state index contributed by atoms with van der Waals surface area (Å²) in [5.41, 5.74) is 0.652. The lowest BCUT2D eigenvalue weighted by Gasteiger charge is -2.10. The number of amides is 1. The Morgan fingerprint density at radius 2 is 2.09 bits per heavy atom. The number of aromatic nitrogens is 2. The molecule has 0 atom stereocenters. The van der Waals surface area contributed by atoms with E-state index in [2.05, 4.69) is 15.5 Å². The summed E-state index contributed by atoms with van der Waals surface area (Å²) in [7, 11) is 3.11. The molecule has 118 valence electrons. The van der Waals surface area contributed by atoms with Gasteiger partial charge in [-0.1, -0.05) is 5.16 Å². The Morgan fingerprint density at radius 3 is 2.73 bits per heavy atom. The molecule has 0 unspecified atom stereocenters.